The van der Waals surface area contributed by atoms with E-state index in [0.717, 1.165) is 22.7 Å². The minimum Gasteiger partial charge on any atom is -0.366 e. The Kier molecular flexibility index (Phi) is 4.82. The average molecular weight is 378 g/mol. The molecule has 2 heterocycles. The Morgan fingerprint density at radius 2 is 1.93 bits per heavy atom. The van der Waals surface area contributed by atoms with Crippen LogP contribution in [0.4, 0.5) is 11.5 Å². The molecular formula is C22H20ClN3O. The summed E-state index contributed by atoms with van der Waals surface area (Å²) in [5.41, 5.74) is 3.80. The Balaban J connectivity index is 1.48. The third kappa shape index (κ3) is 3.53. The molecule has 4 rings (SSSR count). The number of rotatable bonds is 4. The second-order valence-electron chi connectivity index (χ2n) is 6.73. The van der Waals surface area contributed by atoms with Gasteiger partial charge in [0.15, 0.2) is 0 Å². The standard InChI is InChI=1S/C22H20ClN3O/c1-15-12-16-6-3-5-9-20(16)26(15)22(27)18-10-11-21(25-14-18)24-13-17-7-2-4-8-19(17)23/h2-11,14-15H,12-13H2,1H3,(H,24,25). The molecule has 3 aromatic rings. The van der Waals surface area contributed by atoms with Gasteiger partial charge in [0.1, 0.15) is 5.82 Å². The predicted octanol–water partition coefficient (Wildman–Crippen LogP) is 4.94. The molecular weight excluding hydrogens is 358 g/mol. The van der Waals surface area contributed by atoms with Gasteiger partial charge in [-0.25, -0.2) is 4.98 Å². The van der Waals surface area contributed by atoms with Gasteiger partial charge in [-0.2, -0.15) is 0 Å². The second-order valence-corrected chi connectivity index (χ2v) is 7.14. The zero-order chi connectivity index (χ0) is 18.8. The van der Waals surface area contributed by atoms with E-state index in [2.05, 4.69) is 23.3 Å². The molecule has 2 aromatic carbocycles. The maximum Gasteiger partial charge on any atom is 0.260 e. The highest BCUT2D eigenvalue weighted by molar-refractivity contribution is 6.31. The fourth-order valence-electron chi connectivity index (χ4n) is 3.47. The van der Waals surface area contributed by atoms with Gasteiger partial charge < -0.3 is 10.2 Å². The zero-order valence-corrected chi connectivity index (χ0v) is 15.8. The van der Waals surface area contributed by atoms with Crippen LogP contribution in [0.15, 0.2) is 66.9 Å². The van der Waals surface area contributed by atoms with Crippen molar-refractivity contribution in [1.29, 1.82) is 0 Å². The number of hydrogen-bond acceptors (Lipinski definition) is 3. The lowest BCUT2D eigenvalue weighted by Crippen LogP contribution is -2.35. The molecule has 1 atom stereocenters. The molecule has 4 nitrogen and oxygen atoms in total. The number of amides is 1. The number of aromatic nitrogens is 1. The number of fused-ring (bicyclic) bond motifs is 1. The quantitative estimate of drug-likeness (QED) is 0.700. The lowest BCUT2D eigenvalue weighted by molar-refractivity contribution is 0.0981. The summed E-state index contributed by atoms with van der Waals surface area (Å²) in [6.07, 6.45) is 2.51. The SMILES string of the molecule is CC1Cc2ccccc2N1C(=O)c1ccc(NCc2ccccc2Cl)nc1. The van der Waals surface area contributed by atoms with E-state index in [1.807, 2.05) is 59.5 Å². The van der Waals surface area contributed by atoms with Crippen molar-refractivity contribution >= 4 is 29.0 Å². The summed E-state index contributed by atoms with van der Waals surface area (Å²) in [4.78, 5) is 19.3. The number of anilines is 2. The molecule has 0 spiro atoms. The molecule has 136 valence electrons. The first-order chi connectivity index (χ1) is 13.1. The Labute approximate surface area is 163 Å². The lowest BCUT2D eigenvalue weighted by Gasteiger charge is -2.22. The van der Waals surface area contributed by atoms with E-state index in [1.165, 1.54) is 5.56 Å². The molecule has 1 aromatic heterocycles. The van der Waals surface area contributed by atoms with Gasteiger partial charge in [0.25, 0.3) is 5.91 Å². The Hall–Kier alpha value is -2.85. The predicted molar refractivity (Wildman–Crippen MR) is 109 cm³/mol. The van der Waals surface area contributed by atoms with Crippen LogP contribution < -0.4 is 10.2 Å². The first-order valence-corrected chi connectivity index (χ1v) is 9.36. The number of nitrogens with zero attached hydrogens (tertiary/aromatic N) is 2. The summed E-state index contributed by atoms with van der Waals surface area (Å²) in [6.45, 7) is 2.65. The molecule has 0 saturated heterocycles. The number of carbonyl (C=O) groups excluding carboxylic acids is 1. The van der Waals surface area contributed by atoms with Crippen LogP contribution in [-0.4, -0.2) is 16.9 Å². The number of pyridine rings is 1. The monoisotopic (exact) mass is 377 g/mol. The van der Waals surface area contributed by atoms with E-state index in [4.69, 9.17) is 11.6 Å². The fraction of sp³-hybridized carbons (Fsp3) is 0.182. The van der Waals surface area contributed by atoms with Crippen molar-refractivity contribution in [1.82, 2.24) is 4.98 Å². The van der Waals surface area contributed by atoms with Gasteiger partial charge in [0.05, 0.1) is 5.56 Å². The van der Waals surface area contributed by atoms with E-state index in [9.17, 15) is 4.79 Å². The molecule has 0 saturated carbocycles. The molecule has 0 fully saturated rings. The molecule has 1 amide bonds. The van der Waals surface area contributed by atoms with Crippen molar-refractivity contribution in [2.45, 2.75) is 25.9 Å². The van der Waals surface area contributed by atoms with Crippen LogP contribution >= 0.6 is 11.6 Å². The molecule has 0 bridgehead atoms. The van der Waals surface area contributed by atoms with Gasteiger partial charge in [-0.3, -0.25) is 4.79 Å². The summed E-state index contributed by atoms with van der Waals surface area (Å²) < 4.78 is 0. The third-order valence-electron chi connectivity index (χ3n) is 4.85. The maximum atomic E-state index is 13.0. The zero-order valence-electron chi connectivity index (χ0n) is 15.0. The molecule has 1 aliphatic heterocycles. The maximum absolute atomic E-state index is 13.0. The number of carbonyl (C=O) groups is 1. The molecule has 27 heavy (non-hydrogen) atoms. The topological polar surface area (TPSA) is 45.2 Å². The highest BCUT2D eigenvalue weighted by Crippen LogP contribution is 2.33. The van der Waals surface area contributed by atoms with Crippen LogP contribution in [0.2, 0.25) is 5.02 Å². The van der Waals surface area contributed by atoms with Crippen LogP contribution in [0.1, 0.15) is 28.4 Å². The van der Waals surface area contributed by atoms with Crippen molar-refractivity contribution in [3.63, 3.8) is 0 Å². The summed E-state index contributed by atoms with van der Waals surface area (Å²) in [5.74, 6) is 0.693. The Bertz CT molecular complexity index is 971. The third-order valence-corrected chi connectivity index (χ3v) is 5.22. The van der Waals surface area contributed by atoms with Gasteiger partial charge in [0.2, 0.25) is 0 Å². The van der Waals surface area contributed by atoms with Crippen LogP contribution in [0.25, 0.3) is 0 Å². The Morgan fingerprint density at radius 3 is 2.70 bits per heavy atom. The van der Waals surface area contributed by atoms with Crippen LogP contribution in [0.5, 0.6) is 0 Å². The highest BCUT2D eigenvalue weighted by atomic mass is 35.5. The van der Waals surface area contributed by atoms with Crippen molar-refractivity contribution in [2.75, 3.05) is 10.2 Å². The minimum absolute atomic E-state index is 0.0161. The number of para-hydroxylation sites is 1. The van der Waals surface area contributed by atoms with E-state index in [1.54, 1.807) is 6.20 Å². The largest absolute Gasteiger partial charge is 0.366 e. The van der Waals surface area contributed by atoms with Crippen molar-refractivity contribution < 1.29 is 4.79 Å². The number of hydrogen-bond donors (Lipinski definition) is 1. The van der Waals surface area contributed by atoms with E-state index in [-0.39, 0.29) is 11.9 Å². The summed E-state index contributed by atoms with van der Waals surface area (Å²) in [6, 6.07) is 19.6. The fourth-order valence-corrected chi connectivity index (χ4v) is 3.67. The first kappa shape index (κ1) is 17.6. The number of halogens is 1. The summed E-state index contributed by atoms with van der Waals surface area (Å²) >= 11 is 6.17. The molecule has 5 heteroatoms. The van der Waals surface area contributed by atoms with Gasteiger partial charge in [-0.1, -0.05) is 48.0 Å². The molecule has 0 radical (unpaired) electrons. The van der Waals surface area contributed by atoms with E-state index >= 15 is 0 Å². The van der Waals surface area contributed by atoms with Crippen molar-refractivity contribution in [3.05, 3.63) is 88.6 Å². The normalized spacial score (nSPS) is 15.5. The number of nitrogens with one attached hydrogen (secondary N) is 1. The minimum atomic E-state index is -0.0161. The highest BCUT2D eigenvalue weighted by Gasteiger charge is 2.31. The molecule has 1 N–H and O–H groups in total. The molecule has 0 aliphatic carbocycles. The van der Waals surface area contributed by atoms with Crippen LogP contribution in [0.3, 0.4) is 0 Å². The van der Waals surface area contributed by atoms with Gasteiger partial charge >= 0.3 is 0 Å². The lowest BCUT2D eigenvalue weighted by atomic mass is 10.1. The van der Waals surface area contributed by atoms with E-state index in [0.29, 0.717) is 17.9 Å². The van der Waals surface area contributed by atoms with Crippen LogP contribution in [0, 0.1) is 0 Å². The molecule has 1 aliphatic rings. The Morgan fingerprint density at radius 1 is 1.15 bits per heavy atom. The van der Waals surface area contributed by atoms with E-state index < -0.39 is 0 Å². The van der Waals surface area contributed by atoms with Crippen LogP contribution in [-0.2, 0) is 13.0 Å². The smallest absolute Gasteiger partial charge is 0.260 e. The first-order valence-electron chi connectivity index (χ1n) is 8.98. The number of benzene rings is 2. The van der Waals surface area contributed by atoms with Crippen molar-refractivity contribution in [2.24, 2.45) is 0 Å². The summed E-state index contributed by atoms with van der Waals surface area (Å²) in [5, 5.41) is 3.96. The van der Waals surface area contributed by atoms with Gasteiger partial charge in [-0.15, -0.1) is 0 Å². The molecule has 1 unspecified atom stereocenters. The van der Waals surface area contributed by atoms with Gasteiger partial charge in [-0.05, 0) is 48.7 Å². The summed E-state index contributed by atoms with van der Waals surface area (Å²) in [7, 11) is 0. The van der Waals surface area contributed by atoms with Crippen molar-refractivity contribution in [3.8, 4) is 0 Å². The average Bonchev–Trinajstić information content (AvgIpc) is 3.03. The van der Waals surface area contributed by atoms with Gasteiger partial charge in [0, 0.05) is 29.5 Å². The second kappa shape index (κ2) is 7.41.